The quantitative estimate of drug-likeness (QED) is 0.678. The maximum Gasteiger partial charge on any atom is 0.420 e. The third-order valence-corrected chi connectivity index (χ3v) is 5.25. The van der Waals surface area contributed by atoms with Crippen molar-refractivity contribution in [2.45, 2.75) is 43.9 Å². The molecule has 0 aromatic heterocycles. The Labute approximate surface area is 149 Å². The van der Waals surface area contributed by atoms with Gasteiger partial charge in [-0.15, -0.1) is 0 Å². The highest BCUT2D eigenvalue weighted by molar-refractivity contribution is 9.10. The van der Waals surface area contributed by atoms with Gasteiger partial charge in [0.05, 0.1) is 10.2 Å². The molecule has 0 bridgehead atoms. The number of rotatable bonds is 1. The molecule has 1 saturated carbocycles. The van der Waals surface area contributed by atoms with Crippen LogP contribution in [0.4, 0.5) is 23.2 Å². The van der Waals surface area contributed by atoms with Crippen LogP contribution in [-0.4, -0.2) is 17.6 Å². The minimum absolute atomic E-state index is 0.00933. The summed E-state index contributed by atoms with van der Waals surface area (Å²) >= 11 is 2.90. The molecule has 4 N–H and O–H groups in total. The van der Waals surface area contributed by atoms with Crippen LogP contribution in [0.3, 0.4) is 0 Å². The average Bonchev–Trinajstić information content (AvgIpc) is 2.48. The number of guanidine groups is 2. The third-order valence-electron chi connectivity index (χ3n) is 4.45. The van der Waals surface area contributed by atoms with Crippen molar-refractivity contribution in [3.63, 3.8) is 0 Å². The number of benzene rings is 1. The summed E-state index contributed by atoms with van der Waals surface area (Å²) in [6.07, 6.45) is -1.09. The second-order valence-electron chi connectivity index (χ2n) is 6.07. The minimum Gasteiger partial charge on any atom is -0.369 e. The van der Waals surface area contributed by atoms with Crippen molar-refractivity contribution in [2.24, 2.45) is 21.5 Å². The van der Waals surface area contributed by atoms with E-state index >= 15 is 0 Å². The summed E-state index contributed by atoms with van der Waals surface area (Å²) in [7, 11) is 0. The molecular weight excluding hydrogens is 406 g/mol. The van der Waals surface area contributed by atoms with Crippen LogP contribution >= 0.6 is 15.9 Å². The van der Waals surface area contributed by atoms with E-state index in [1.54, 1.807) is 0 Å². The van der Waals surface area contributed by atoms with Crippen LogP contribution in [0.5, 0.6) is 0 Å². The Morgan fingerprint density at radius 1 is 1.12 bits per heavy atom. The average molecular weight is 422 g/mol. The van der Waals surface area contributed by atoms with Crippen LogP contribution in [0.25, 0.3) is 0 Å². The molecule has 1 spiro atoms. The van der Waals surface area contributed by atoms with Gasteiger partial charge in [0.1, 0.15) is 17.0 Å². The highest BCUT2D eigenvalue weighted by atomic mass is 79.9. The van der Waals surface area contributed by atoms with Crippen molar-refractivity contribution in [1.82, 2.24) is 0 Å². The SMILES string of the molecule is NC1=NC2(CCCCC2)N(c2ccc(F)c(C(F)(F)F)c2Br)C(N)=N1. The maximum absolute atomic E-state index is 13.8. The van der Waals surface area contributed by atoms with Gasteiger partial charge >= 0.3 is 6.18 Å². The normalized spacial score (nSPS) is 20.4. The molecule has 1 aromatic carbocycles. The molecule has 0 atom stereocenters. The molecule has 136 valence electrons. The van der Waals surface area contributed by atoms with Gasteiger partial charge in [-0.05, 0) is 53.7 Å². The molecule has 3 rings (SSSR count). The van der Waals surface area contributed by atoms with Gasteiger partial charge in [-0.1, -0.05) is 6.42 Å². The summed E-state index contributed by atoms with van der Waals surface area (Å²) < 4.78 is 53.1. The second kappa shape index (κ2) is 6.15. The van der Waals surface area contributed by atoms with E-state index in [0.29, 0.717) is 12.8 Å². The summed E-state index contributed by atoms with van der Waals surface area (Å²) in [6, 6.07) is 2.01. The Bertz CT molecular complexity index is 753. The second-order valence-corrected chi connectivity index (χ2v) is 6.86. The summed E-state index contributed by atoms with van der Waals surface area (Å²) in [5, 5.41) is 0. The molecule has 1 heterocycles. The molecule has 1 aliphatic heterocycles. The molecule has 1 fully saturated rings. The van der Waals surface area contributed by atoms with Gasteiger partial charge in [0.15, 0.2) is 0 Å². The number of nitrogens with two attached hydrogens (primary N) is 2. The molecule has 10 heteroatoms. The van der Waals surface area contributed by atoms with Crippen LogP contribution in [0.2, 0.25) is 0 Å². The summed E-state index contributed by atoms with van der Waals surface area (Å²) in [6.45, 7) is 0. The van der Waals surface area contributed by atoms with E-state index in [0.717, 1.165) is 25.3 Å². The zero-order chi connectivity index (χ0) is 18.4. The Morgan fingerprint density at radius 3 is 2.36 bits per heavy atom. The number of hydrogen-bond acceptors (Lipinski definition) is 5. The van der Waals surface area contributed by atoms with Crippen LogP contribution < -0.4 is 16.4 Å². The largest absolute Gasteiger partial charge is 0.420 e. The van der Waals surface area contributed by atoms with Crippen LogP contribution in [-0.2, 0) is 6.18 Å². The first-order valence-electron chi connectivity index (χ1n) is 7.71. The Balaban J connectivity index is 2.19. The number of aliphatic imine (C=N–C) groups is 2. The topological polar surface area (TPSA) is 80.0 Å². The van der Waals surface area contributed by atoms with Crippen LogP contribution in [0, 0.1) is 5.82 Å². The van der Waals surface area contributed by atoms with Gasteiger partial charge in [0.25, 0.3) is 0 Å². The first kappa shape index (κ1) is 18.0. The maximum atomic E-state index is 13.8. The van der Waals surface area contributed by atoms with Crippen molar-refractivity contribution in [3.05, 3.63) is 28.0 Å². The fourth-order valence-corrected chi connectivity index (χ4v) is 4.17. The zero-order valence-corrected chi connectivity index (χ0v) is 14.7. The molecule has 1 aromatic rings. The van der Waals surface area contributed by atoms with E-state index < -0.39 is 27.7 Å². The van der Waals surface area contributed by atoms with Crippen molar-refractivity contribution in [3.8, 4) is 0 Å². The third kappa shape index (κ3) is 3.07. The van der Waals surface area contributed by atoms with Crippen molar-refractivity contribution < 1.29 is 17.6 Å². The van der Waals surface area contributed by atoms with Gasteiger partial charge in [-0.3, -0.25) is 4.90 Å². The van der Waals surface area contributed by atoms with E-state index in [1.807, 2.05) is 0 Å². The number of hydrogen-bond donors (Lipinski definition) is 2. The van der Waals surface area contributed by atoms with Gasteiger partial charge in [0, 0.05) is 0 Å². The first-order valence-corrected chi connectivity index (χ1v) is 8.50. The van der Waals surface area contributed by atoms with E-state index in [1.165, 1.54) is 11.0 Å². The van der Waals surface area contributed by atoms with Crippen LogP contribution in [0.15, 0.2) is 26.6 Å². The Kier molecular flexibility index (Phi) is 4.42. The van der Waals surface area contributed by atoms with E-state index in [9.17, 15) is 17.6 Å². The van der Waals surface area contributed by atoms with Crippen molar-refractivity contribution in [1.29, 1.82) is 0 Å². The van der Waals surface area contributed by atoms with Gasteiger partial charge in [-0.25, -0.2) is 9.38 Å². The standard InChI is InChI=1S/C15H16BrF4N5/c16-11-9(5-4-8(17)10(11)15(18,19)20)25-13(22)23-12(21)24-14(25)6-2-1-3-7-14/h4-5H,1-3,6-7H2,(H4,21,22,23,24). The number of nitrogens with zero attached hydrogens (tertiary/aromatic N) is 3. The van der Waals surface area contributed by atoms with E-state index in [-0.39, 0.29) is 17.6 Å². The molecule has 0 unspecified atom stereocenters. The van der Waals surface area contributed by atoms with Crippen molar-refractivity contribution >= 4 is 33.5 Å². The van der Waals surface area contributed by atoms with E-state index in [2.05, 4.69) is 25.9 Å². The zero-order valence-electron chi connectivity index (χ0n) is 13.1. The molecule has 2 aliphatic rings. The van der Waals surface area contributed by atoms with E-state index in [4.69, 9.17) is 11.5 Å². The smallest absolute Gasteiger partial charge is 0.369 e. The van der Waals surface area contributed by atoms with Crippen LogP contribution in [0.1, 0.15) is 37.7 Å². The summed E-state index contributed by atoms with van der Waals surface area (Å²) in [5.74, 6) is -1.43. The molecule has 0 amide bonds. The fourth-order valence-electron chi connectivity index (χ4n) is 3.44. The highest BCUT2D eigenvalue weighted by Gasteiger charge is 2.45. The lowest BCUT2D eigenvalue weighted by atomic mass is 9.87. The van der Waals surface area contributed by atoms with Gasteiger partial charge in [0.2, 0.25) is 11.9 Å². The summed E-state index contributed by atoms with van der Waals surface area (Å²) in [4.78, 5) is 9.72. The highest BCUT2D eigenvalue weighted by Crippen LogP contribution is 2.46. The number of anilines is 1. The predicted octanol–water partition coefficient (Wildman–Crippen LogP) is 3.72. The minimum atomic E-state index is -4.86. The lowest BCUT2D eigenvalue weighted by Crippen LogP contribution is -2.58. The fraction of sp³-hybridized carbons (Fsp3) is 0.467. The Hall–Kier alpha value is -1.84. The monoisotopic (exact) mass is 421 g/mol. The molecule has 1 aliphatic carbocycles. The van der Waals surface area contributed by atoms with Crippen molar-refractivity contribution in [2.75, 3.05) is 4.90 Å². The molecule has 0 radical (unpaired) electrons. The molecular formula is C15H16BrF4N5. The number of halogens is 5. The summed E-state index contributed by atoms with van der Waals surface area (Å²) in [5.41, 5.74) is 9.50. The Morgan fingerprint density at radius 2 is 1.76 bits per heavy atom. The lowest BCUT2D eigenvalue weighted by Gasteiger charge is -2.46. The predicted molar refractivity (Wildman–Crippen MR) is 90.6 cm³/mol. The lowest BCUT2D eigenvalue weighted by molar-refractivity contribution is -0.140. The first-order chi connectivity index (χ1) is 11.7. The molecule has 5 nitrogen and oxygen atoms in total. The molecule has 25 heavy (non-hydrogen) atoms. The molecule has 0 saturated heterocycles. The number of alkyl halides is 3. The van der Waals surface area contributed by atoms with Gasteiger partial charge < -0.3 is 11.5 Å². The van der Waals surface area contributed by atoms with Gasteiger partial charge in [-0.2, -0.15) is 18.2 Å².